The van der Waals surface area contributed by atoms with Crippen molar-refractivity contribution in [1.29, 1.82) is 0 Å². The van der Waals surface area contributed by atoms with Gasteiger partial charge < -0.3 is 15.2 Å². The number of hydrogen-bond donors (Lipinski definition) is 2. The molecule has 0 saturated carbocycles. The van der Waals surface area contributed by atoms with E-state index in [9.17, 15) is 5.11 Å². The van der Waals surface area contributed by atoms with Gasteiger partial charge in [0.25, 0.3) is 0 Å². The highest BCUT2D eigenvalue weighted by molar-refractivity contribution is 5.35. The molecule has 2 unspecified atom stereocenters. The lowest BCUT2D eigenvalue weighted by atomic mass is 9.94. The Bertz CT molecular complexity index is 431. The zero-order valence-corrected chi connectivity index (χ0v) is 14.3. The molecule has 3 heteroatoms. The SMILES string of the molecule is CC(C)NC(C)(CO)CC(C)Oc1ccccc1C(C)C. The summed E-state index contributed by atoms with van der Waals surface area (Å²) in [5.41, 5.74) is 0.909. The molecule has 0 aromatic heterocycles. The second-order valence-electron chi connectivity index (χ2n) is 6.84. The van der Waals surface area contributed by atoms with Crippen molar-refractivity contribution in [2.45, 2.75) is 71.6 Å². The molecule has 21 heavy (non-hydrogen) atoms. The average Bonchev–Trinajstić information content (AvgIpc) is 2.37. The summed E-state index contributed by atoms with van der Waals surface area (Å²) in [6, 6.07) is 8.52. The summed E-state index contributed by atoms with van der Waals surface area (Å²) in [5, 5.41) is 13.1. The summed E-state index contributed by atoms with van der Waals surface area (Å²) < 4.78 is 6.13. The van der Waals surface area contributed by atoms with Crippen molar-refractivity contribution in [3.8, 4) is 5.75 Å². The Kier molecular flexibility index (Phi) is 6.69. The standard InChI is InChI=1S/C18H31NO2/c1-13(2)16-9-7-8-10-17(16)21-15(5)11-18(6,12-20)19-14(3)4/h7-10,13-15,19-20H,11-12H2,1-6H3. The fourth-order valence-corrected chi connectivity index (χ4v) is 2.82. The lowest BCUT2D eigenvalue weighted by molar-refractivity contribution is 0.103. The lowest BCUT2D eigenvalue weighted by Gasteiger charge is -2.34. The van der Waals surface area contributed by atoms with Crippen LogP contribution in [-0.4, -0.2) is 29.4 Å². The highest BCUT2D eigenvalue weighted by atomic mass is 16.5. The molecule has 2 atom stereocenters. The number of nitrogens with one attached hydrogen (secondary N) is 1. The monoisotopic (exact) mass is 293 g/mol. The molecule has 0 fully saturated rings. The normalized spacial score (nSPS) is 16.0. The Balaban J connectivity index is 2.75. The number of aliphatic hydroxyl groups is 1. The fourth-order valence-electron chi connectivity index (χ4n) is 2.82. The largest absolute Gasteiger partial charge is 0.490 e. The first-order chi connectivity index (χ1) is 9.77. The molecule has 0 saturated heterocycles. The summed E-state index contributed by atoms with van der Waals surface area (Å²) in [5.74, 6) is 1.39. The smallest absolute Gasteiger partial charge is 0.123 e. The van der Waals surface area contributed by atoms with Gasteiger partial charge in [-0.3, -0.25) is 0 Å². The van der Waals surface area contributed by atoms with Crippen LogP contribution in [0, 0.1) is 0 Å². The van der Waals surface area contributed by atoms with E-state index in [-0.39, 0.29) is 18.2 Å². The molecule has 3 nitrogen and oxygen atoms in total. The van der Waals surface area contributed by atoms with Crippen LogP contribution in [0.25, 0.3) is 0 Å². The maximum Gasteiger partial charge on any atom is 0.123 e. The third kappa shape index (κ3) is 5.68. The molecule has 0 spiro atoms. The van der Waals surface area contributed by atoms with Crippen LogP contribution in [-0.2, 0) is 0 Å². The van der Waals surface area contributed by atoms with Gasteiger partial charge in [-0.1, -0.05) is 45.9 Å². The lowest BCUT2D eigenvalue weighted by Crippen LogP contribution is -2.51. The quantitative estimate of drug-likeness (QED) is 0.767. The maximum absolute atomic E-state index is 9.67. The van der Waals surface area contributed by atoms with E-state index in [0.717, 1.165) is 12.2 Å². The van der Waals surface area contributed by atoms with Crippen LogP contribution < -0.4 is 10.1 Å². The van der Waals surface area contributed by atoms with Gasteiger partial charge in [-0.2, -0.15) is 0 Å². The van der Waals surface area contributed by atoms with Crippen molar-refractivity contribution in [3.05, 3.63) is 29.8 Å². The van der Waals surface area contributed by atoms with Gasteiger partial charge in [-0.05, 0) is 31.4 Å². The minimum absolute atomic E-state index is 0.0355. The van der Waals surface area contributed by atoms with Gasteiger partial charge in [-0.15, -0.1) is 0 Å². The molecular weight excluding hydrogens is 262 g/mol. The van der Waals surface area contributed by atoms with Crippen LogP contribution in [0.3, 0.4) is 0 Å². The molecule has 1 aromatic carbocycles. The van der Waals surface area contributed by atoms with Gasteiger partial charge in [0.1, 0.15) is 5.75 Å². The Morgan fingerprint density at radius 3 is 2.29 bits per heavy atom. The summed E-state index contributed by atoms with van der Waals surface area (Å²) in [6.07, 6.45) is 0.794. The first-order valence-electron chi connectivity index (χ1n) is 7.91. The van der Waals surface area contributed by atoms with Crippen molar-refractivity contribution in [3.63, 3.8) is 0 Å². The molecule has 0 radical (unpaired) electrons. The van der Waals surface area contributed by atoms with E-state index in [1.807, 2.05) is 25.1 Å². The molecule has 0 aliphatic rings. The number of benzene rings is 1. The van der Waals surface area contributed by atoms with Crippen molar-refractivity contribution >= 4 is 0 Å². The summed E-state index contributed by atoms with van der Waals surface area (Å²) in [7, 11) is 0. The molecule has 120 valence electrons. The second kappa shape index (κ2) is 7.81. The third-order valence-electron chi connectivity index (χ3n) is 3.59. The zero-order valence-electron chi connectivity index (χ0n) is 14.3. The van der Waals surface area contributed by atoms with E-state index in [0.29, 0.717) is 12.0 Å². The summed E-state index contributed by atoms with van der Waals surface area (Å²) >= 11 is 0. The van der Waals surface area contributed by atoms with E-state index in [1.165, 1.54) is 5.56 Å². The van der Waals surface area contributed by atoms with Crippen LogP contribution in [0.2, 0.25) is 0 Å². The molecular formula is C18H31NO2. The molecule has 1 aromatic rings. The van der Waals surface area contributed by atoms with Gasteiger partial charge in [-0.25, -0.2) is 0 Å². The first kappa shape index (κ1) is 18.0. The average molecular weight is 293 g/mol. The van der Waals surface area contributed by atoms with E-state index < -0.39 is 0 Å². The van der Waals surface area contributed by atoms with Gasteiger partial charge in [0.05, 0.1) is 12.7 Å². The van der Waals surface area contributed by atoms with Crippen molar-refractivity contribution in [2.24, 2.45) is 0 Å². The Labute approximate surface area is 129 Å². The van der Waals surface area contributed by atoms with Crippen LogP contribution in [0.4, 0.5) is 0 Å². The minimum Gasteiger partial charge on any atom is -0.490 e. The Morgan fingerprint density at radius 2 is 1.76 bits per heavy atom. The highest BCUT2D eigenvalue weighted by Gasteiger charge is 2.27. The molecule has 1 rings (SSSR count). The van der Waals surface area contributed by atoms with Crippen molar-refractivity contribution in [1.82, 2.24) is 5.32 Å². The van der Waals surface area contributed by atoms with Crippen molar-refractivity contribution < 1.29 is 9.84 Å². The number of para-hydroxylation sites is 1. The molecule has 2 N–H and O–H groups in total. The van der Waals surface area contributed by atoms with Crippen LogP contribution in [0.15, 0.2) is 24.3 Å². The molecule has 0 amide bonds. The fraction of sp³-hybridized carbons (Fsp3) is 0.667. The predicted octanol–water partition coefficient (Wildman–Crippen LogP) is 3.72. The van der Waals surface area contributed by atoms with Gasteiger partial charge in [0, 0.05) is 18.0 Å². The molecule has 0 aliphatic heterocycles. The van der Waals surface area contributed by atoms with Crippen LogP contribution >= 0.6 is 0 Å². The van der Waals surface area contributed by atoms with Gasteiger partial charge >= 0.3 is 0 Å². The summed E-state index contributed by atoms with van der Waals surface area (Å²) in [6.45, 7) is 12.7. The van der Waals surface area contributed by atoms with E-state index in [2.05, 4.69) is 46.0 Å². The number of ether oxygens (including phenoxy) is 1. The zero-order chi connectivity index (χ0) is 16.0. The van der Waals surface area contributed by atoms with E-state index >= 15 is 0 Å². The highest BCUT2D eigenvalue weighted by Crippen LogP contribution is 2.28. The number of rotatable bonds is 8. The third-order valence-corrected chi connectivity index (χ3v) is 3.59. The Hall–Kier alpha value is -1.06. The van der Waals surface area contributed by atoms with Crippen LogP contribution in [0.1, 0.15) is 59.4 Å². The van der Waals surface area contributed by atoms with Crippen molar-refractivity contribution in [2.75, 3.05) is 6.61 Å². The maximum atomic E-state index is 9.67. The summed E-state index contributed by atoms with van der Waals surface area (Å²) in [4.78, 5) is 0. The van der Waals surface area contributed by atoms with Gasteiger partial charge in [0.15, 0.2) is 0 Å². The van der Waals surface area contributed by atoms with E-state index in [1.54, 1.807) is 0 Å². The minimum atomic E-state index is -0.319. The molecule has 0 bridgehead atoms. The van der Waals surface area contributed by atoms with Gasteiger partial charge in [0.2, 0.25) is 0 Å². The molecule has 0 aliphatic carbocycles. The topological polar surface area (TPSA) is 41.5 Å². The number of hydrogen-bond acceptors (Lipinski definition) is 3. The Morgan fingerprint density at radius 1 is 1.14 bits per heavy atom. The van der Waals surface area contributed by atoms with Crippen LogP contribution in [0.5, 0.6) is 5.75 Å². The second-order valence-corrected chi connectivity index (χ2v) is 6.84. The number of aliphatic hydroxyl groups excluding tert-OH is 1. The molecule has 0 heterocycles. The van der Waals surface area contributed by atoms with E-state index in [4.69, 9.17) is 4.74 Å². The predicted molar refractivity (Wildman–Crippen MR) is 89.0 cm³/mol. The first-order valence-corrected chi connectivity index (χ1v) is 7.91.